The molecule has 0 aromatic carbocycles. The molecule has 2 aliphatic heterocycles. The van der Waals surface area contributed by atoms with Crippen molar-refractivity contribution in [2.24, 2.45) is 5.41 Å². The van der Waals surface area contributed by atoms with E-state index in [0.717, 1.165) is 38.6 Å². The molecular formula is C21H28N2O4. The van der Waals surface area contributed by atoms with Gasteiger partial charge in [0.1, 0.15) is 5.76 Å². The van der Waals surface area contributed by atoms with Crippen LogP contribution in [0, 0.1) is 12.3 Å². The van der Waals surface area contributed by atoms with Gasteiger partial charge in [0.15, 0.2) is 11.2 Å². The quantitative estimate of drug-likeness (QED) is 0.800. The second-order valence-electron chi connectivity index (χ2n) is 8.52. The summed E-state index contributed by atoms with van der Waals surface area (Å²) in [5, 5.41) is 0. The largest absolute Gasteiger partial charge is 0.456 e. The Morgan fingerprint density at radius 1 is 1.11 bits per heavy atom. The van der Waals surface area contributed by atoms with E-state index in [2.05, 4.69) is 4.90 Å². The molecule has 0 atom stereocenters. The summed E-state index contributed by atoms with van der Waals surface area (Å²) in [5.74, 6) is 0.692. The third-order valence-corrected chi connectivity index (χ3v) is 6.67. The Labute approximate surface area is 159 Å². The number of likely N-dealkylation sites (tertiary alicyclic amines) is 2. The summed E-state index contributed by atoms with van der Waals surface area (Å²) in [7, 11) is 0. The molecule has 0 radical (unpaired) electrons. The van der Waals surface area contributed by atoms with Crippen LogP contribution in [0.25, 0.3) is 0 Å². The molecule has 0 bridgehead atoms. The molecule has 1 aromatic heterocycles. The van der Waals surface area contributed by atoms with Crippen LogP contribution in [0.5, 0.6) is 0 Å². The molecule has 3 heterocycles. The van der Waals surface area contributed by atoms with Crippen LogP contribution < -0.4 is 5.43 Å². The van der Waals surface area contributed by atoms with Gasteiger partial charge in [0, 0.05) is 44.2 Å². The Morgan fingerprint density at radius 2 is 1.81 bits per heavy atom. The summed E-state index contributed by atoms with van der Waals surface area (Å²) in [6.07, 6.45) is 8.11. The van der Waals surface area contributed by atoms with Crippen molar-refractivity contribution in [1.82, 2.24) is 9.80 Å². The molecule has 6 heteroatoms. The van der Waals surface area contributed by atoms with Crippen molar-refractivity contribution < 1.29 is 14.0 Å². The normalized spacial score (nSPS) is 23.2. The van der Waals surface area contributed by atoms with Gasteiger partial charge in [0.25, 0.3) is 5.91 Å². The van der Waals surface area contributed by atoms with E-state index in [1.165, 1.54) is 25.0 Å². The van der Waals surface area contributed by atoms with Crippen LogP contribution in [0.4, 0.5) is 0 Å². The van der Waals surface area contributed by atoms with Crippen LogP contribution >= 0.6 is 0 Å². The van der Waals surface area contributed by atoms with Crippen LogP contribution in [0.2, 0.25) is 0 Å². The molecule has 1 aliphatic carbocycles. The van der Waals surface area contributed by atoms with Gasteiger partial charge in [-0.1, -0.05) is 12.8 Å². The van der Waals surface area contributed by atoms with Gasteiger partial charge in [-0.05, 0) is 44.4 Å². The second-order valence-corrected chi connectivity index (χ2v) is 8.52. The summed E-state index contributed by atoms with van der Waals surface area (Å²) < 4.78 is 5.46. The Kier molecular flexibility index (Phi) is 4.82. The van der Waals surface area contributed by atoms with Gasteiger partial charge in [0.2, 0.25) is 5.91 Å². The zero-order valence-electron chi connectivity index (χ0n) is 16.0. The van der Waals surface area contributed by atoms with Gasteiger partial charge in [0.05, 0.1) is 0 Å². The summed E-state index contributed by atoms with van der Waals surface area (Å²) in [6.45, 7) is 3.84. The van der Waals surface area contributed by atoms with Gasteiger partial charge in [-0.3, -0.25) is 14.4 Å². The van der Waals surface area contributed by atoms with E-state index in [0.29, 0.717) is 37.2 Å². The third kappa shape index (κ3) is 3.66. The summed E-state index contributed by atoms with van der Waals surface area (Å²) >= 11 is 0. The van der Waals surface area contributed by atoms with Gasteiger partial charge >= 0.3 is 0 Å². The molecular weight excluding hydrogens is 344 g/mol. The average Bonchev–Trinajstić information content (AvgIpc) is 3.18. The van der Waals surface area contributed by atoms with E-state index >= 15 is 0 Å². The first-order chi connectivity index (χ1) is 13.0. The van der Waals surface area contributed by atoms with Crippen LogP contribution in [-0.2, 0) is 4.79 Å². The standard InChI is InChI=1S/C21H28N2O4/c1-15-12-17(24)13-18(27-15)20(26)22-10-8-21(9-11-22)7-6-19(25)23(14-21)16-4-2-3-5-16/h12-13,16H,2-11,14H2,1H3. The van der Waals surface area contributed by atoms with Crippen LogP contribution in [0.3, 0.4) is 0 Å². The van der Waals surface area contributed by atoms with E-state index in [1.807, 2.05) is 0 Å². The fourth-order valence-corrected chi connectivity index (χ4v) is 5.05. The number of hydrogen-bond donors (Lipinski definition) is 0. The predicted octanol–water partition coefficient (Wildman–Crippen LogP) is 2.74. The zero-order valence-corrected chi connectivity index (χ0v) is 16.0. The first kappa shape index (κ1) is 18.3. The SMILES string of the molecule is Cc1cc(=O)cc(C(=O)N2CCC3(CCC(=O)N(C4CCCC4)C3)CC2)o1. The second kappa shape index (κ2) is 7.13. The van der Waals surface area contributed by atoms with Gasteiger partial charge < -0.3 is 14.2 Å². The average molecular weight is 372 g/mol. The highest BCUT2D eigenvalue weighted by Gasteiger charge is 2.44. The van der Waals surface area contributed by atoms with Crippen molar-refractivity contribution in [2.45, 2.75) is 64.3 Å². The molecule has 0 unspecified atom stereocenters. The third-order valence-electron chi connectivity index (χ3n) is 6.67. The lowest BCUT2D eigenvalue weighted by Gasteiger charge is -2.49. The van der Waals surface area contributed by atoms with Crippen molar-refractivity contribution in [2.75, 3.05) is 19.6 Å². The van der Waals surface area contributed by atoms with Crippen LogP contribution in [-0.4, -0.2) is 47.3 Å². The monoisotopic (exact) mass is 372 g/mol. The van der Waals surface area contributed by atoms with Crippen molar-refractivity contribution in [3.8, 4) is 0 Å². The number of hydrogen-bond acceptors (Lipinski definition) is 4. The predicted molar refractivity (Wildman–Crippen MR) is 100 cm³/mol. The van der Waals surface area contributed by atoms with Gasteiger partial charge in [-0.2, -0.15) is 0 Å². The number of nitrogens with zero attached hydrogens (tertiary/aromatic N) is 2. The smallest absolute Gasteiger partial charge is 0.289 e. The highest BCUT2D eigenvalue weighted by atomic mass is 16.3. The zero-order chi connectivity index (χ0) is 19.0. The molecule has 3 aliphatic rings. The minimum Gasteiger partial charge on any atom is -0.456 e. The van der Waals surface area contributed by atoms with E-state index < -0.39 is 0 Å². The molecule has 1 spiro atoms. The van der Waals surface area contributed by atoms with E-state index in [-0.39, 0.29) is 22.5 Å². The van der Waals surface area contributed by atoms with Crippen molar-refractivity contribution in [1.29, 1.82) is 0 Å². The maximum Gasteiger partial charge on any atom is 0.289 e. The van der Waals surface area contributed by atoms with E-state index in [9.17, 15) is 14.4 Å². The Morgan fingerprint density at radius 3 is 2.48 bits per heavy atom. The lowest BCUT2D eigenvalue weighted by molar-refractivity contribution is -0.142. The van der Waals surface area contributed by atoms with Crippen LogP contribution in [0.15, 0.2) is 21.3 Å². The molecule has 2 saturated heterocycles. The van der Waals surface area contributed by atoms with E-state index in [4.69, 9.17) is 4.42 Å². The van der Waals surface area contributed by atoms with Crippen molar-refractivity contribution >= 4 is 11.8 Å². The molecule has 3 fully saturated rings. The molecule has 2 amide bonds. The van der Waals surface area contributed by atoms with Gasteiger partial charge in [-0.15, -0.1) is 0 Å². The molecule has 27 heavy (non-hydrogen) atoms. The summed E-state index contributed by atoms with van der Waals surface area (Å²) in [6, 6.07) is 3.09. The highest BCUT2D eigenvalue weighted by molar-refractivity contribution is 5.91. The lowest BCUT2D eigenvalue weighted by Crippen LogP contribution is -2.54. The maximum absolute atomic E-state index is 12.7. The number of carbonyl (C=O) groups excluding carboxylic acids is 2. The number of rotatable bonds is 2. The molecule has 6 nitrogen and oxygen atoms in total. The summed E-state index contributed by atoms with van der Waals surface area (Å²) in [4.78, 5) is 40.8. The molecule has 146 valence electrons. The number of piperidine rings is 2. The fraction of sp³-hybridized carbons (Fsp3) is 0.667. The van der Waals surface area contributed by atoms with E-state index in [1.54, 1.807) is 11.8 Å². The number of aryl methyl sites for hydroxylation is 1. The number of carbonyl (C=O) groups is 2. The Balaban J connectivity index is 1.42. The maximum atomic E-state index is 12.7. The van der Waals surface area contributed by atoms with Crippen molar-refractivity contribution in [3.05, 3.63) is 33.9 Å². The lowest BCUT2D eigenvalue weighted by atomic mass is 9.72. The topological polar surface area (TPSA) is 70.8 Å². The minimum absolute atomic E-state index is 0.127. The molecule has 0 N–H and O–H groups in total. The molecule has 1 saturated carbocycles. The fourth-order valence-electron chi connectivity index (χ4n) is 5.05. The Bertz CT molecular complexity index is 786. The Hall–Kier alpha value is -2.11. The van der Waals surface area contributed by atoms with Crippen molar-refractivity contribution in [3.63, 3.8) is 0 Å². The molecule has 1 aromatic rings. The van der Waals surface area contributed by atoms with Crippen LogP contribution in [0.1, 0.15) is 67.7 Å². The highest BCUT2D eigenvalue weighted by Crippen LogP contribution is 2.42. The number of amides is 2. The molecule has 4 rings (SSSR count). The van der Waals surface area contributed by atoms with Gasteiger partial charge in [-0.25, -0.2) is 0 Å². The minimum atomic E-state index is -0.204. The summed E-state index contributed by atoms with van der Waals surface area (Å²) in [5.41, 5.74) is -0.0608. The first-order valence-corrected chi connectivity index (χ1v) is 10.2. The first-order valence-electron chi connectivity index (χ1n) is 10.2.